The van der Waals surface area contributed by atoms with E-state index >= 15 is 0 Å². The molecule has 0 spiro atoms. The van der Waals surface area contributed by atoms with Gasteiger partial charge in [0.15, 0.2) is 11.5 Å². The number of hydrogen-bond acceptors (Lipinski definition) is 3. The summed E-state index contributed by atoms with van der Waals surface area (Å²) in [5.74, 6) is -1.01. The standard InChI is InChI=1S/C11H10FNO3/c12-8-3-4-10(9(14)7-8)16-11(15)13-5-1-2-6-13/h1-4,7,14H,5-6H2. The van der Waals surface area contributed by atoms with Gasteiger partial charge in [0, 0.05) is 19.2 Å². The first-order valence-electron chi connectivity index (χ1n) is 4.77. The van der Waals surface area contributed by atoms with Crippen LogP contribution in [0.5, 0.6) is 11.5 Å². The molecule has 0 aliphatic carbocycles. The lowest BCUT2D eigenvalue weighted by molar-refractivity contribution is 0.163. The highest BCUT2D eigenvalue weighted by atomic mass is 19.1. The Morgan fingerprint density at radius 2 is 2.06 bits per heavy atom. The molecule has 2 rings (SSSR count). The molecule has 16 heavy (non-hydrogen) atoms. The maximum atomic E-state index is 12.7. The van der Waals surface area contributed by atoms with E-state index in [1.807, 2.05) is 12.2 Å². The van der Waals surface area contributed by atoms with E-state index in [0.717, 1.165) is 12.1 Å². The van der Waals surface area contributed by atoms with Gasteiger partial charge in [0.05, 0.1) is 0 Å². The molecule has 0 saturated carbocycles. The van der Waals surface area contributed by atoms with E-state index in [4.69, 9.17) is 4.74 Å². The summed E-state index contributed by atoms with van der Waals surface area (Å²) in [6.07, 6.45) is 3.12. The highest BCUT2D eigenvalue weighted by molar-refractivity contribution is 5.72. The highest BCUT2D eigenvalue weighted by Gasteiger charge is 2.17. The molecule has 1 aliphatic heterocycles. The van der Waals surface area contributed by atoms with Crippen LogP contribution in [0, 0.1) is 5.82 Å². The number of amides is 1. The van der Waals surface area contributed by atoms with Crippen LogP contribution in [0.25, 0.3) is 0 Å². The number of ether oxygens (including phenoxy) is 1. The number of carbonyl (C=O) groups is 1. The largest absolute Gasteiger partial charge is 0.504 e. The van der Waals surface area contributed by atoms with Gasteiger partial charge in [-0.1, -0.05) is 12.2 Å². The topological polar surface area (TPSA) is 49.8 Å². The van der Waals surface area contributed by atoms with E-state index in [-0.39, 0.29) is 11.5 Å². The minimum absolute atomic E-state index is 0.0432. The fraction of sp³-hybridized carbons (Fsp3) is 0.182. The summed E-state index contributed by atoms with van der Waals surface area (Å²) in [7, 11) is 0. The molecule has 0 saturated heterocycles. The van der Waals surface area contributed by atoms with Gasteiger partial charge in [0.25, 0.3) is 0 Å². The Morgan fingerprint density at radius 3 is 2.69 bits per heavy atom. The molecule has 0 bridgehead atoms. The highest BCUT2D eigenvalue weighted by Crippen LogP contribution is 2.26. The number of phenolic OH excluding ortho intramolecular Hbond substituents is 1. The van der Waals surface area contributed by atoms with Gasteiger partial charge in [-0.3, -0.25) is 0 Å². The normalized spacial score (nSPS) is 14.2. The predicted octanol–water partition coefficient (Wildman–Crippen LogP) is 1.90. The molecule has 1 aromatic rings. The summed E-state index contributed by atoms with van der Waals surface area (Å²) in [5.41, 5.74) is 0. The van der Waals surface area contributed by atoms with Crippen LogP contribution in [-0.4, -0.2) is 29.2 Å². The molecule has 0 radical (unpaired) electrons. The zero-order valence-electron chi connectivity index (χ0n) is 8.39. The first-order valence-corrected chi connectivity index (χ1v) is 4.77. The maximum Gasteiger partial charge on any atom is 0.415 e. The Kier molecular flexibility index (Phi) is 2.76. The van der Waals surface area contributed by atoms with Gasteiger partial charge in [-0.25, -0.2) is 9.18 Å². The lowest BCUT2D eigenvalue weighted by atomic mass is 10.3. The summed E-state index contributed by atoms with van der Waals surface area (Å²) >= 11 is 0. The zero-order valence-corrected chi connectivity index (χ0v) is 8.39. The Bertz CT molecular complexity index is 437. The van der Waals surface area contributed by atoms with Gasteiger partial charge in [-0.2, -0.15) is 0 Å². The number of carbonyl (C=O) groups excluding carboxylic acids is 1. The Balaban J connectivity index is 2.06. The van der Waals surface area contributed by atoms with E-state index in [1.54, 1.807) is 0 Å². The molecule has 1 N–H and O–H groups in total. The molecule has 84 valence electrons. The van der Waals surface area contributed by atoms with Crippen molar-refractivity contribution in [3.8, 4) is 11.5 Å². The van der Waals surface area contributed by atoms with E-state index in [1.165, 1.54) is 11.0 Å². The van der Waals surface area contributed by atoms with Crippen molar-refractivity contribution in [3.63, 3.8) is 0 Å². The van der Waals surface area contributed by atoms with Gasteiger partial charge < -0.3 is 14.7 Å². The van der Waals surface area contributed by atoms with Crippen molar-refractivity contribution in [2.75, 3.05) is 13.1 Å². The second-order valence-electron chi connectivity index (χ2n) is 3.36. The van der Waals surface area contributed by atoms with Crippen molar-refractivity contribution in [3.05, 3.63) is 36.2 Å². The monoisotopic (exact) mass is 223 g/mol. The van der Waals surface area contributed by atoms with Crippen LogP contribution in [0.15, 0.2) is 30.4 Å². The van der Waals surface area contributed by atoms with Crippen LogP contribution < -0.4 is 4.74 Å². The average molecular weight is 223 g/mol. The molecule has 1 aliphatic rings. The van der Waals surface area contributed by atoms with Crippen molar-refractivity contribution in [2.24, 2.45) is 0 Å². The van der Waals surface area contributed by atoms with Crippen molar-refractivity contribution in [1.29, 1.82) is 0 Å². The predicted molar refractivity (Wildman–Crippen MR) is 54.8 cm³/mol. The van der Waals surface area contributed by atoms with E-state index in [0.29, 0.717) is 13.1 Å². The number of phenols is 1. The van der Waals surface area contributed by atoms with Gasteiger partial charge in [-0.05, 0) is 12.1 Å². The van der Waals surface area contributed by atoms with E-state index in [9.17, 15) is 14.3 Å². The van der Waals surface area contributed by atoms with Crippen molar-refractivity contribution in [1.82, 2.24) is 4.90 Å². The van der Waals surface area contributed by atoms with Gasteiger partial charge in [0.2, 0.25) is 0 Å². The molecule has 1 aromatic carbocycles. The first-order chi connectivity index (χ1) is 7.66. The minimum atomic E-state index is -0.583. The molecule has 1 heterocycles. The summed E-state index contributed by atoms with van der Waals surface area (Å²) in [6, 6.07) is 3.22. The van der Waals surface area contributed by atoms with Gasteiger partial charge in [0.1, 0.15) is 5.82 Å². The van der Waals surface area contributed by atoms with Gasteiger partial charge in [-0.15, -0.1) is 0 Å². The SMILES string of the molecule is O=C(Oc1ccc(F)cc1O)N1CC=CC1. The van der Waals surface area contributed by atoms with Crippen LogP contribution in [-0.2, 0) is 0 Å². The van der Waals surface area contributed by atoms with Crippen molar-refractivity contribution in [2.45, 2.75) is 0 Å². The number of nitrogens with zero attached hydrogens (tertiary/aromatic N) is 1. The minimum Gasteiger partial charge on any atom is -0.504 e. The molecule has 0 unspecified atom stereocenters. The number of benzene rings is 1. The van der Waals surface area contributed by atoms with E-state index < -0.39 is 11.9 Å². The molecule has 5 heteroatoms. The molecule has 0 fully saturated rings. The molecule has 0 atom stereocenters. The van der Waals surface area contributed by atoms with Gasteiger partial charge >= 0.3 is 6.09 Å². The van der Waals surface area contributed by atoms with Crippen molar-refractivity contribution >= 4 is 6.09 Å². The third kappa shape index (κ3) is 2.13. The van der Waals surface area contributed by atoms with Crippen LogP contribution in [0.1, 0.15) is 0 Å². The number of hydrogen-bond donors (Lipinski definition) is 1. The zero-order chi connectivity index (χ0) is 11.5. The fourth-order valence-corrected chi connectivity index (χ4v) is 1.36. The van der Waals surface area contributed by atoms with Crippen LogP contribution in [0.3, 0.4) is 0 Å². The lowest BCUT2D eigenvalue weighted by Gasteiger charge is -2.15. The van der Waals surface area contributed by atoms with E-state index in [2.05, 4.69) is 0 Å². The Morgan fingerprint density at radius 1 is 1.38 bits per heavy atom. The molecule has 4 nitrogen and oxygen atoms in total. The molecular weight excluding hydrogens is 213 g/mol. The summed E-state index contributed by atoms with van der Waals surface area (Å²) in [5, 5.41) is 9.33. The average Bonchev–Trinajstić information content (AvgIpc) is 2.75. The van der Waals surface area contributed by atoms with Crippen LogP contribution in [0.4, 0.5) is 9.18 Å². The summed E-state index contributed by atoms with van der Waals surface area (Å²) < 4.78 is 17.6. The second kappa shape index (κ2) is 4.22. The number of halogens is 1. The van der Waals surface area contributed by atoms with Crippen molar-refractivity contribution < 1.29 is 19.0 Å². The van der Waals surface area contributed by atoms with Crippen LogP contribution in [0.2, 0.25) is 0 Å². The lowest BCUT2D eigenvalue weighted by Crippen LogP contribution is -2.31. The maximum absolute atomic E-state index is 12.7. The third-order valence-electron chi connectivity index (χ3n) is 2.19. The Hall–Kier alpha value is -2.04. The summed E-state index contributed by atoms with van der Waals surface area (Å²) in [4.78, 5) is 13.0. The Labute approximate surface area is 91.6 Å². The molecule has 0 aromatic heterocycles. The van der Waals surface area contributed by atoms with Crippen LogP contribution >= 0.6 is 0 Å². The smallest absolute Gasteiger partial charge is 0.415 e. The molecular formula is C11H10FNO3. The quantitative estimate of drug-likeness (QED) is 0.740. The third-order valence-corrected chi connectivity index (χ3v) is 2.19. The number of aromatic hydroxyl groups is 1. The first kappa shape index (κ1) is 10.5. The molecule has 1 amide bonds. The second-order valence-corrected chi connectivity index (χ2v) is 3.36. The fourth-order valence-electron chi connectivity index (χ4n) is 1.36. The summed E-state index contributed by atoms with van der Waals surface area (Å²) in [6.45, 7) is 0.974. The number of rotatable bonds is 1.